The van der Waals surface area contributed by atoms with Gasteiger partial charge >= 0.3 is 0 Å². The van der Waals surface area contributed by atoms with Crippen molar-refractivity contribution in [3.63, 3.8) is 0 Å². The molecule has 0 atom stereocenters. The third-order valence-electron chi connectivity index (χ3n) is 3.06. The third kappa shape index (κ3) is 2.81. The normalized spacial score (nSPS) is 10.8. The van der Waals surface area contributed by atoms with Gasteiger partial charge < -0.3 is 5.73 Å². The fraction of sp³-hybridized carbons (Fsp3) is 0.0625. The average Bonchev–Trinajstić information content (AvgIpc) is 2.46. The number of halogens is 1. The number of anilines is 1. The van der Waals surface area contributed by atoms with Crippen molar-refractivity contribution in [1.82, 2.24) is 4.98 Å². The van der Waals surface area contributed by atoms with E-state index in [4.69, 9.17) is 5.73 Å². The van der Waals surface area contributed by atoms with Gasteiger partial charge in [0.2, 0.25) is 0 Å². The standard InChI is InChI=1S/C16H13BrN2S/c17-14-9-13(18)6-7-15(14)20-10-12-4-1-3-11-5-2-8-19-16(11)12/h1-9H,10,18H2. The Morgan fingerprint density at radius 2 is 1.95 bits per heavy atom. The molecule has 0 unspecified atom stereocenters. The van der Waals surface area contributed by atoms with Gasteiger partial charge in [-0.05, 0) is 45.8 Å². The van der Waals surface area contributed by atoms with Gasteiger partial charge in [-0.25, -0.2) is 0 Å². The first-order chi connectivity index (χ1) is 9.74. The van der Waals surface area contributed by atoms with Gasteiger partial charge in [0.25, 0.3) is 0 Å². The van der Waals surface area contributed by atoms with Crippen LogP contribution in [0.1, 0.15) is 5.56 Å². The fourth-order valence-corrected chi connectivity index (χ4v) is 3.72. The Kier molecular flexibility index (Phi) is 3.94. The lowest BCUT2D eigenvalue weighted by molar-refractivity contribution is 1.33. The van der Waals surface area contributed by atoms with Crippen molar-refractivity contribution in [2.45, 2.75) is 10.6 Å². The van der Waals surface area contributed by atoms with Crippen LogP contribution in [0.15, 0.2) is 64.1 Å². The van der Waals surface area contributed by atoms with Crippen molar-refractivity contribution in [3.8, 4) is 0 Å². The molecule has 0 radical (unpaired) electrons. The first-order valence-corrected chi connectivity index (χ1v) is 8.02. The van der Waals surface area contributed by atoms with Gasteiger partial charge in [0, 0.05) is 32.4 Å². The second kappa shape index (κ2) is 5.85. The highest BCUT2D eigenvalue weighted by molar-refractivity contribution is 9.10. The number of benzene rings is 2. The Labute approximate surface area is 130 Å². The summed E-state index contributed by atoms with van der Waals surface area (Å²) < 4.78 is 1.04. The molecule has 0 bridgehead atoms. The summed E-state index contributed by atoms with van der Waals surface area (Å²) in [6, 6.07) is 16.3. The molecule has 0 aliphatic rings. The molecule has 0 fully saturated rings. The summed E-state index contributed by atoms with van der Waals surface area (Å²) in [7, 11) is 0. The number of para-hydroxylation sites is 1. The molecule has 0 aliphatic carbocycles. The summed E-state index contributed by atoms with van der Waals surface area (Å²) >= 11 is 5.34. The first kappa shape index (κ1) is 13.5. The van der Waals surface area contributed by atoms with Crippen LogP contribution in [0.4, 0.5) is 5.69 Å². The van der Waals surface area contributed by atoms with Crippen molar-refractivity contribution in [1.29, 1.82) is 0 Å². The molecule has 0 saturated heterocycles. The molecule has 2 nitrogen and oxygen atoms in total. The summed E-state index contributed by atoms with van der Waals surface area (Å²) in [5, 5.41) is 1.18. The van der Waals surface area contributed by atoms with E-state index in [2.05, 4.69) is 45.2 Å². The van der Waals surface area contributed by atoms with Crippen molar-refractivity contribution in [2.75, 3.05) is 5.73 Å². The molecular weight excluding hydrogens is 332 g/mol. The summed E-state index contributed by atoms with van der Waals surface area (Å²) in [6.45, 7) is 0. The predicted octanol–water partition coefficient (Wildman–Crippen LogP) is 4.87. The number of nitrogens with zero attached hydrogens (tertiary/aromatic N) is 1. The maximum Gasteiger partial charge on any atom is 0.0742 e. The minimum absolute atomic E-state index is 0.771. The second-order valence-corrected chi connectivity index (χ2v) is 6.34. The van der Waals surface area contributed by atoms with Crippen molar-refractivity contribution >= 4 is 44.3 Å². The van der Waals surface area contributed by atoms with Crippen molar-refractivity contribution in [2.24, 2.45) is 0 Å². The Hall–Kier alpha value is -1.52. The molecule has 2 N–H and O–H groups in total. The number of aromatic nitrogens is 1. The number of nitrogens with two attached hydrogens (primary N) is 1. The fourth-order valence-electron chi connectivity index (χ4n) is 2.07. The average molecular weight is 345 g/mol. The second-order valence-electron chi connectivity index (χ2n) is 4.47. The quantitative estimate of drug-likeness (QED) is 0.544. The van der Waals surface area contributed by atoms with E-state index in [0.29, 0.717) is 0 Å². The third-order valence-corrected chi connectivity index (χ3v) is 5.10. The Balaban J connectivity index is 1.87. The van der Waals surface area contributed by atoms with Gasteiger partial charge in [-0.15, -0.1) is 11.8 Å². The van der Waals surface area contributed by atoms with E-state index < -0.39 is 0 Å². The zero-order chi connectivity index (χ0) is 13.9. The van der Waals surface area contributed by atoms with Gasteiger partial charge in [-0.1, -0.05) is 24.3 Å². The molecule has 0 aliphatic heterocycles. The van der Waals surface area contributed by atoms with Gasteiger partial charge in [-0.2, -0.15) is 0 Å². The van der Waals surface area contributed by atoms with E-state index >= 15 is 0 Å². The van der Waals surface area contributed by atoms with Gasteiger partial charge in [0.05, 0.1) is 5.52 Å². The lowest BCUT2D eigenvalue weighted by Crippen LogP contribution is -1.88. The predicted molar refractivity (Wildman–Crippen MR) is 89.9 cm³/mol. The molecule has 4 heteroatoms. The van der Waals surface area contributed by atoms with Crippen molar-refractivity contribution < 1.29 is 0 Å². The first-order valence-electron chi connectivity index (χ1n) is 6.24. The number of rotatable bonds is 3. The number of thioether (sulfide) groups is 1. The largest absolute Gasteiger partial charge is 0.399 e. The maximum absolute atomic E-state index is 5.76. The molecule has 1 heterocycles. The number of hydrogen-bond donors (Lipinski definition) is 1. The van der Waals surface area contributed by atoms with Crippen LogP contribution in [0.3, 0.4) is 0 Å². The molecule has 0 amide bonds. The molecule has 3 aromatic rings. The lowest BCUT2D eigenvalue weighted by atomic mass is 10.1. The minimum atomic E-state index is 0.771. The smallest absolute Gasteiger partial charge is 0.0742 e. The Morgan fingerprint density at radius 1 is 1.10 bits per heavy atom. The summed E-state index contributed by atoms with van der Waals surface area (Å²) in [5.74, 6) is 0.886. The van der Waals surface area contributed by atoms with Gasteiger partial charge in [0.1, 0.15) is 0 Å². The van der Waals surface area contributed by atoms with Gasteiger partial charge in [-0.3, -0.25) is 4.98 Å². The van der Waals surface area contributed by atoms with E-state index in [1.807, 2.05) is 30.5 Å². The van der Waals surface area contributed by atoms with Crippen molar-refractivity contribution in [3.05, 3.63) is 64.8 Å². The van der Waals surface area contributed by atoms with Crippen LogP contribution in [0.5, 0.6) is 0 Å². The Morgan fingerprint density at radius 3 is 2.80 bits per heavy atom. The highest BCUT2D eigenvalue weighted by atomic mass is 79.9. The summed E-state index contributed by atoms with van der Waals surface area (Å²) in [5.41, 5.74) is 8.86. The molecule has 2 aromatic carbocycles. The Bertz CT molecular complexity index is 753. The SMILES string of the molecule is Nc1ccc(SCc2cccc3cccnc23)c(Br)c1. The number of nitrogen functional groups attached to an aromatic ring is 1. The molecule has 3 rings (SSSR count). The zero-order valence-electron chi connectivity index (χ0n) is 10.7. The lowest BCUT2D eigenvalue weighted by Gasteiger charge is -2.07. The number of fused-ring (bicyclic) bond motifs is 1. The molecule has 1 aromatic heterocycles. The molecule has 0 saturated carbocycles. The highest BCUT2D eigenvalue weighted by Gasteiger charge is 2.05. The van der Waals surface area contributed by atoms with E-state index in [0.717, 1.165) is 21.4 Å². The molecule has 100 valence electrons. The van der Waals surface area contributed by atoms with Crippen LogP contribution in [0.2, 0.25) is 0 Å². The maximum atomic E-state index is 5.76. The van der Waals surface area contributed by atoms with Crippen LogP contribution < -0.4 is 5.73 Å². The number of pyridine rings is 1. The highest BCUT2D eigenvalue weighted by Crippen LogP contribution is 2.32. The minimum Gasteiger partial charge on any atom is -0.399 e. The monoisotopic (exact) mass is 344 g/mol. The van der Waals surface area contributed by atoms with E-state index in [9.17, 15) is 0 Å². The van der Waals surface area contributed by atoms with Crippen LogP contribution >= 0.6 is 27.7 Å². The van der Waals surface area contributed by atoms with Crippen LogP contribution in [0, 0.1) is 0 Å². The van der Waals surface area contributed by atoms with E-state index in [1.165, 1.54) is 15.8 Å². The van der Waals surface area contributed by atoms with Crippen LogP contribution in [-0.4, -0.2) is 4.98 Å². The van der Waals surface area contributed by atoms with Crippen LogP contribution in [-0.2, 0) is 5.75 Å². The van der Waals surface area contributed by atoms with E-state index in [1.54, 1.807) is 11.8 Å². The zero-order valence-corrected chi connectivity index (χ0v) is 13.1. The number of hydrogen-bond acceptors (Lipinski definition) is 3. The molecular formula is C16H13BrN2S. The van der Waals surface area contributed by atoms with E-state index in [-0.39, 0.29) is 0 Å². The summed E-state index contributed by atoms with van der Waals surface area (Å²) in [6.07, 6.45) is 1.84. The van der Waals surface area contributed by atoms with Gasteiger partial charge in [0.15, 0.2) is 0 Å². The summed E-state index contributed by atoms with van der Waals surface area (Å²) in [4.78, 5) is 5.67. The van der Waals surface area contributed by atoms with Crippen LogP contribution in [0.25, 0.3) is 10.9 Å². The topological polar surface area (TPSA) is 38.9 Å². The molecule has 0 spiro atoms. The molecule has 20 heavy (non-hydrogen) atoms.